The molecular weight excluding hydrogens is 270 g/mol. The highest BCUT2D eigenvalue weighted by atomic mass is 16.5. The van der Waals surface area contributed by atoms with Crippen LogP contribution in [0.15, 0.2) is 12.3 Å². The van der Waals surface area contributed by atoms with Gasteiger partial charge in [0.05, 0.1) is 30.2 Å². The van der Waals surface area contributed by atoms with Crippen LogP contribution in [0.1, 0.15) is 30.1 Å². The summed E-state index contributed by atoms with van der Waals surface area (Å²) in [5, 5.41) is 9.98. The highest BCUT2D eigenvalue weighted by Gasteiger charge is 2.42. The van der Waals surface area contributed by atoms with Crippen LogP contribution in [0.4, 0.5) is 11.5 Å². The smallest absolute Gasteiger partial charge is 0.340 e. The summed E-state index contributed by atoms with van der Waals surface area (Å²) in [5.74, 6) is 1.15. The zero-order valence-corrected chi connectivity index (χ0v) is 12.2. The first kappa shape index (κ1) is 14.1. The van der Waals surface area contributed by atoms with E-state index < -0.39 is 5.97 Å². The number of hydrogen-bond donors (Lipinski definition) is 2. The zero-order chi connectivity index (χ0) is 15.0. The number of carbonyl (C=O) groups is 1. The molecule has 21 heavy (non-hydrogen) atoms. The Hall–Kier alpha value is -1.82. The molecule has 3 unspecified atom stereocenters. The Morgan fingerprint density at radius 3 is 3.05 bits per heavy atom. The van der Waals surface area contributed by atoms with Gasteiger partial charge in [0.15, 0.2) is 0 Å². The monoisotopic (exact) mass is 291 g/mol. The first-order valence-corrected chi connectivity index (χ1v) is 7.45. The Bertz CT molecular complexity index is 549. The number of nitrogens with two attached hydrogens (primary N) is 1. The van der Waals surface area contributed by atoms with Crippen molar-refractivity contribution < 1.29 is 14.6 Å². The summed E-state index contributed by atoms with van der Waals surface area (Å²) in [7, 11) is 0. The van der Waals surface area contributed by atoms with Gasteiger partial charge < -0.3 is 20.5 Å². The van der Waals surface area contributed by atoms with E-state index in [0.29, 0.717) is 29.7 Å². The van der Waals surface area contributed by atoms with Gasteiger partial charge in [0.1, 0.15) is 5.82 Å². The van der Waals surface area contributed by atoms with Crippen LogP contribution in [-0.2, 0) is 4.74 Å². The Kier molecular flexibility index (Phi) is 3.71. The molecule has 2 fully saturated rings. The molecule has 6 nitrogen and oxygen atoms in total. The Labute approximate surface area is 123 Å². The number of pyridine rings is 1. The number of hydrogen-bond acceptors (Lipinski definition) is 6. The molecule has 1 saturated carbocycles. The minimum Gasteiger partial charge on any atom is -0.462 e. The van der Waals surface area contributed by atoms with Crippen molar-refractivity contribution in [1.82, 2.24) is 4.98 Å². The lowest BCUT2D eigenvalue weighted by atomic mass is 10.00. The molecule has 1 saturated heterocycles. The van der Waals surface area contributed by atoms with E-state index in [-0.39, 0.29) is 6.10 Å². The molecule has 1 aliphatic heterocycles. The highest BCUT2D eigenvalue weighted by Crippen LogP contribution is 2.39. The van der Waals surface area contributed by atoms with Gasteiger partial charge in [0, 0.05) is 19.0 Å². The van der Waals surface area contributed by atoms with Gasteiger partial charge in [-0.1, -0.05) is 0 Å². The van der Waals surface area contributed by atoms with E-state index in [0.717, 1.165) is 31.7 Å². The van der Waals surface area contributed by atoms with E-state index in [1.54, 1.807) is 13.0 Å². The van der Waals surface area contributed by atoms with Crippen LogP contribution in [-0.4, -0.2) is 41.9 Å². The van der Waals surface area contributed by atoms with Crippen LogP contribution in [0.2, 0.25) is 0 Å². The molecule has 3 N–H and O–H groups in total. The predicted octanol–water partition coefficient (Wildman–Crippen LogP) is 1.05. The Balaban J connectivity index is 1.80. The van der Waals surface area contributed by atoms with Gasteiger partial charge in [-0.25, -0.2) is 9.78 Å². The topological polar surface area (TPSA) is 88.7 Å². The van der Waals surface area contributed by atoms with Crippen LogP contribution >= 0.6 is 0 Å². The number of esters is 1. The molecule has 3 atom stereocenters. The maximum absolute atomic E-state index is 11.9. The second-order valence-electron chi connectivity index (χ2n) is 5.82. The van der Waals surface area contributed by atoms with Crippen molar-refractivity contribution in [3.63, 3.8) is 0 Å². The summed E-state index contributed by atoms with van der Waals surface area (Å²) in [6, 6.07) is 1.70. The second-order valence-corrected chi connectivity index (χ2v) is 5.82. The summed E-state index contributed by atoms with van der Waals surface area (Å²) in [6.45, 7) is 3.74. The fourth-order valence-electron chi connectivity index (χ4n) is 3.44. The van der Waals surface area contributed by atoms with Gasteiger partial charge in [-0.05, 0) is 31.7 Å². The molecule has 0 radical (unpaired) electrons. The average Bonchev–Trinajstić information content (AvgIpc) is 3.02. The minimum atomic E-state index is -0.418. The Morgan fingerprint density at radius 1 is 1.52 bits per heavy atom. The third-order valence-electron chi connectivity index (χ3n) is 4.56. The van der Waals surface area contributed by atoms with Gasteiger partial charge in [-0.3, -0.25) is 0 Å². The molecule has 114 valence electrons. The zero-order valence-electron chi connectivity index (χ0n) is 12.2. The number of anilines is 2. The first-order chi connectivity index (χ1) is 10.1. The molecule has 2 aliphatic rings. The minimum absolute atomic E-state index is 0.210. The van der Waals surface area contributed by atoms with Gasteiger partial charge in [-0.2, -0.15) is 0 Å². The summed E-state index contributed by atoms with van der Waals surface area (Å²) in [6.07, 6.45) is 3.25. The molecule has 0 aromatic carbocycles. The normalized spacial score (nSPS) is 27.7. The molecule has 0 spiro atoms. The number of ether oxygens (including phenoxy) is 1. The SMILES string of the molecule is CCOC(=O)c1cc(N2CC3CCC(O)C3C2)ncc1N. The molecule has 6 heteroatoms. The van der Waals surface area contributed by atoms with E-state index in [4.69, 9.17) is 10.5 Å². The van der Waals surface area contributed by atoms with Crippen molar-refractivity contribution in [3.05, 3.63) is 17.8 Å². The van der Waals surface area contributed by atoms with Gasteiger partial charge in [-0.15, -0.1) is 0 Å². The van der Waals surface area contributed by atoms with E-state index in [1.165, 1.54) is 6.20 Å². The van der Waals surface area contributed by atoms with Crippen molar-refractivity contribution in [2.45, 2.75) is 25.9 Å². The molecule has 3 rings (SSSR count). The lowest BCUT2D eigenvalue weighted by Gasteiger charge is -2.20. The van der Waals surface area contributed by atoms with Crippen molar-refractivity contribution in [2.75, 3.05) is 30.3 Å². The molecular formula is C15H21N3O3. The maximum Gasteiger partial charge on any atom is 0.340 e. The third-order valence-corrected chi connectivity index (χ3v) is 4.56. The summed E-state index contributed by atoms with van der Waals surface area (Å²) in [4.78, 5) is 18.3. The van der Waals surface area contributed by atoms with E-state index in [1.807, 2.05) is 0 Å². The van der Waals surface area contributed by atoms with Crippen LogP contribution in [0.3, 0.4) is 0 Å². The standard InChI is InChI=1S/C15H21N3O3/c1-2-21-15(20)10-5-14(17-6-12(10)16)18-7-9-3-4-13(19)11(9)8-18/h5-6,9,11,13,19H,2-4,7-8,16H2,1H3. The summed E-state index contributed by atoms with van der Waals surface area (Å²) in [5.41, 5.74) is 6.50. The van der Waals surface area contributed by atoms with Crippen molar-refractivity contribution >= 4 is 17.5 Å². The summed E-state index contributed by atoms with van der Waals surface area (Å²) >= 11 is 0. The van der Waals surface area contributed by atoms with Crippen molar-refractivity contribution in [3.8, 4) is 0 Å². The van der Waals surface area contributed by atoms with E-state index >= 15 is 0 Å². The number of aliphatic hydroxyl groups excluding tert-OH is 1. The van der Waals surface area contributed by atoms with Crippen LogP contribution < -0.4 is 10.6 Å². The lowest BCUT2D eigenvalue weighted by molar-refractivity contribution is 0.0527. The maximum atomic E-state index is 11.9. The van der Waals surface area contributed by atoms with Crippen LogP contribution in [0, 0.1) is 11.8 Å². The quantitative estimate of drug-likeness (QED) is 0.809. The molecule has 0 bridgehead atoms. The highest BCUT2D eigenvalue weighted by molar-refractivity contribution is 5.95. The molecule has 1 aliphatic carbocycles. The van der Waals surface area contributed by atoms with Crippen LogP contribution in [0.5, 0.6) is 0 Å². The third kappa shape index (κ3) is 2.55. The average molecular weight is 291 g/mol. The number of aliphatic hydroxyl groups is 1. The largest absolute Gasteiger partial charge is 0.462 e. The lowest BCUT2D eigenvalue weighted by Crippen LogP contribution is -2.25. The Morgan fingerprint density at radius 2 is 2.33 bits per heavy atom. The van der Waals surface area contributed by atoms with E-state index in [2.05, 4.69) is 9.88 Å². The molecule has 1 aromatic rings. The molecule has 0 amide bonds. The second kappa shape index (κ2) is 5.52. The number of nitrogens with zero attached hydrogens (tertiary/aromatic N) is 2. The number of fused-ring (bicyclic) bond motifs is 1. The number of aromatic nitrogens is 1. The number of nitrogen functional groups attached to an aromatic ring is 1. The van der Waals surface area contributed by atoms with Gasteiger partial charge in [0.25, 0.3) is 0 Å². The first-order valence-electron chi connectivity index (χ1n) is 7.45. The predicted molar refractivity (Wildman–Crippen MR) is 79.0 cm³/mol. The van der Waals surface area contributed by atoms with Crippen molar-refractivity contribution in [2.24, 2.45) is 11.8 Å². The number of rotatable bonds is 3. The fourth-order valence-corrected chi connectivity index (χ4v) is 3.44. The fraction of sp³-hybridized carbons (Fsp3) is 0.600. The number of carbonyl (C=O) groups excluding carboxylic acids is 1. The molecule has 1 aromatic heterocycles. The molecule has 2 heterocycles. The van der Waals surface area contributed by atoms with E-state index in [9.17, 15) is 9.90 Å². The van der Waals surface area contributed by atoms with Crippen LogP contribution in [0.25, 0.3) is 0 Å². The summed E-state index contributed by atoms with van der Waals surface area (Å²) < 4.78 is 5.01. The van der Waals surface area contributed by atoms with Gasteiger partial charge in [0.2, 0.25) is 0 Å². The van der Waals surface area contributed by atoms with Crippen molar-refractivity contribution in [1.29, 1.82) is 0 Å². The van der Waals surface area contributed by atoms with Gasteiger partial charge >= 0.3 is 5.97 Å².